The van der Waals surface area contributed by atoms with Gasteiger partial charge in [-0.1, -0.05) is 20.8 Å². The molecule has 0 amide bonds. The molecular weight excluding hydrogens is 309 g/mol. The highest BCUT2D eigenvalue weighted by Crippen LogP contribution is 2.44. The van der Waals surface area contributed by atoms with Crippen LogP contribution in [0.2, 0.25) is 0 Å². The fourth-order valence-corrected chi connectivity index (χ4v) is 3.59. The molecule has 1 aliphatic carbocycles. The summed E-state index contributed by atoms with van der Waals surface area (Å²) in [4.78, 5) is 4.33. The van der Waals surface area contributed by atoms with E-state index >= 15 is 0 Å². The molecule has 1 aromatic rings. The van der Waals surface area contributed by atoms with E-state index in [1.54, 1.807) is 12.3 Å². The molecule has 0 fully saturated rings. The molecule has 0 saturated heterocycles. The first kappa shape index (κ1) is 17.1. The van der Waals surface area contributed by atoms with Crippen molar-refractivity contribution in [2.75, 3.05) is 6.26 Å². The predicted octanol–water partition coefficient (Wildman–Crippen LogP) is 4.84. The Kier molecular flexibility index (Phi) is 4.49. The van der Waals surface area contributed by atoms with E-state index < -0.39 is 11.7 Å². The summed E-state index contributed by atoms with van der Waals surface area (Å²) >= 11 is 1.10. The number of fused-ring (bicyclic) bond motifs is 1. The standard InChI is InChI=1S/C16H19F3N2S/c1-15(2,3)9-5-6-12-10(7-9)13(16(17,18)19)11(8-20)14(21-12)22-4/h9H,5-7H2,1-4H3/t9-/m0/s1. The number of hydrogen-bond donors (Lipinski definition) is 0. The number of pyridine rings is 1. The zero-order valence-electron chi connectivity index (χ0n) is 13.1. The molecular formula is C16H19F3N2S. The first-order valence-electron chi connectivity index (χ1n) is 7.16. The smallest absolute Gasteiger partial charge is 0.245 e. The molecule has 1 atom stereocenters. The van der Waals surface area contributed by atoms with Crippen molar-refractivity contribution in [1.82, 2.24) is 4.98 Å². The van der Waals surface area contributed by atoms with Crippen molar-refractivity contribution in [3.05, 3.63) is 22.4 Å². The van der Waals surface area contributed by atoms with Gasteiger partial charge in [0, 0.05) is 5.69 Å². The third-order valence-corrected chi connectivity index (χ3v) is 5.03. The van der Waals surface area contributed by atoms with Crippen LogP contribution in [0.3, 0.4) is 0 Å². The number of halogens is 3. The van der Waals surface area contributed by atoms with Gasteiger partial charge in [-0.25, -0.2) is 4.98 Å². The lowest BCUT2D eigenvalue weighted by Crippen LogP contribution is -2.30. The van der Waals surface area contributed by atoms with Crippen LogP contribution in [-0.4, -0.2) is 11.2 Å². The van der Waals surface area contributed by atoms with E-state index in [-0.39, 0.29) is 27.5 Å². The molecule has 0 aromatic carbocycles. The van der Waals surface area contributed by atoms with Crippen LogP contribution in [0.4, 0.5) is 13.2 Å². The summed E-state index contributed by atoms with van der Waals surface area (Å²) in [6.07, 6.45) is -1.16. The molecule has 0 unspecified atom stereocenters. The molecule has 6 heteroatoms. The fourth-order valence-electron chi connectivity index (χ4n) is 3.04. The van der Waals surface area contributed by atoms with Crippen molar-refractivity contribution >= 4 is 11.8 Å². The zero-order chi connectivity index (χ0) is 16.7. The average Bonchev–Trinajstić information content (AvgIpc) is 2.42. The summed E-state index contributed by atoms with van der Waals surface area (Å²) in [7, 11) is 0. The third kappa shape index (κ3) is 3.10. The highest BCUT2D eigenvalue weighted by atomic mass is 32.2. The summed E-state index contributed by atoms with van der Waals surface area (Å²) in [6.45, 7) is 6.14. The van der Waals surface area contributed by atoms with E-state index in [1.807, 2.05) is 20.8 Å². The second-order valence-corrected chi connectivity index (χ2v) is 7.51. The number of aromatic nitrogens is 1. The molecule has 0 bridgehead atoms. The lowest BCUT2D eigenvalue weighted by Gasteiger charge is -2.36. The number of rotatable bonds is 1. The third-order valence-electron chi connectivity index (χ3n) is 4.34. The minimum Gasteiger partial charge on any atom is -0.245 e. The Morgan fingerprint density at radius 2 is 1.91 bits per heavy atom. The number of aryl methyl sites for hydroxylation is 1. The first-order chi connectivity index (χ1) is 10.1. The fraction of sp³-hybridized carbons (Fsp3) is 0.625. The van der Waals surface area contributed by atoms with E-state index in [4.69, 9.17) is 0 Å². The van der Waals surface area contributed by atoms with Crippen LogP contribution >= 0.6 is 11.8 Å². The van der Waals surface area contributed by atoms with Gasteiger partial charge in [-0.2, -0.15) is 18.4 Å². The lowest BCUT2D eigenvalue weighted by atomic mass is 9.70. The number of alkyl halides is 3. The Hall–Kier alpha value is -1.22. The van der Waals surface area contributed by atoms with Crippen molar-refractivity contribution in [2.45, 2.75) is 51.2 Å². The van der Waals surface area contributed by atoms with Crippen LogP contribution in [-0.2, 0) is 19.0 Å². The Balaban J connectivity index is 2.68. The van der Waals surface area contributed by atoms with Crippen LogP contribution in [0.15, 0.2) is 5.03 Å². The van der Waals surface area contributed by atoms with Gasteiger partial charge in [0.2, 0.25) is 0 Å². The Labute approximate surface area is 133 Å². The summed E-state index contributed by atoms with van der Waals surface area (Å²) < 4.78 is 40.7. The van der Waals surface area contributed by atoms with E-state index in [9.17, 15) is 18.4 Å². The Bertz CT molecular complexity index is 624. The maximum atomic E-state index is 13.6. The zero-order valence-corrected chi connectivity index (χ0v) is 14.0. The normalized spacial score (nSPS) is 18.7. The van der Waals surface area contributed by atoms with Crippen molar-refractivity contribution < 1.29 is 13.2 Å². The summed E-state index contributed by atoms with van der Waals surface area (Å²) in [5.41, 5.74) is -0.415. The van der Waals surface area contributed by atoms with E-state index in [0.29, 0.717) is 18.5 Å². The van der Waals surface area contributed by atoms with Crippen LogP contribution in [0, 0.1) is 22.7 Å². The molecule has 22 heavy (non-hydrogen) atoms. The van der Waals surface area contributed by atoms with Crippen LogP contribution in [0.25, 0.3) is 0 Å². The molecule has 2 nitrogen and oxygen atoms in total. The largest absolute Gasteiger partial charge is 0.418 e. The van der Waals surface area contributed by atoms with Gasteiger partial charge in [-0.15, -0.1) is 11.8 Å². The van der Waals surface area contributed by atoms with Gasteiger partial charge in [0.25, 0.3) is 0 Å². The van der Waals surface area contributed by atoms with Gasteiger partial charge >= 0.3 is 6.18 Å². The van der Waals surface area contributed by atoms with Crippen molar-refractivity contribution in [1.29, 1.82) is 5.26 Å². The number of hydrogen-bond acceptors (Lipinski definition) is 3. The van der Waals surface area contributed by atoms with Gasteiger partial charge in [-0.3, -0.25) is 0 Å². The molecule has 0 radical (unpaired) electrons. The number of nitrogens with zero attached hydrogens (tertiary/aromatic N) is 2. The summed E-state index contributed by atoms with van der Waals surface area (Å²) in [5, 5.41) is 9.40. The number of nitriles is 1. The average molecular weight is 328 g/mol. The lowest BCUT2D eigenvalue weighted by molar-refractivity contribution is -0.139. The van der Waals surface area contributed by atoms with Crippen molar-refractivity contribution in [3.8, 4) is 6.07 Å². The molecule has 1 heterocycles. The van der Waals surface area contributed by atoms with E-state index in [0.717, 1.165) is 18.2 Å². The van der Waals surface area contributed by atoms with Gasteiger partial charge in [0.05, 0.1) is 11.1 Å². The molecule has 120 valence electrons. The van der Waals surface area contributed by atoms with Gasteiger partial charge in [0.15, 0.2) is 0 Å². The van der Waals surface area contributed by atoms with Crippen LogP contribution in [0.1, 0.15) is 49.6 Å². The molecule has 1 aromatic heterocycles. The maximum Gasteiger partial charge on any atom is 0.418 e. The Morgan fingerprint density at radius 3 is 2.36 bits per heavy atom. The Morgan fingerprint density at radius 1 is 1.27 bits per heavy atom. The highest BCUT2D eigenvalue weighted by Gasteiger charge is 2.42. The van der Waals surface area contributed by atoms with Crippen molar-refractivity contribution in [2.24, 2.45) is 11.3 Å². The minimum atomic E-state index is -4.53. The molecule has 0 aliphatic heterocycles. The van der Waals surface area contributed by atoms with E-state index in [2.05, 4.69) is 4.98 Å². The molecule has 0 spiro atoms. The molecule has 2 rings (SSSR count). The molecule has 0 saturated carbocycles. The SMILES string of the molecule is CSc1nc2c(c(C(F)(F)F)c1C#N)C[C@@H](C(C)(C)C)CC2. The van der Waals surface area contributed by atoms with Crippen LogP contribution < -0.4 is 0 Å². The van der Waals surface area contributed by atoms with Gasteiger partial charge < -0.3 is 0 Å². The monoisotopic (exact) mass is 328 g/mol. The minimum absolute atomic E-state index is 0.0639. The van der Waals surface area contributed by atoms with Crippen LogP contribution in [0.5, 0.6) is 0 Å². The summed E-state index contributed by atoms with van der Waals surface area (Å²) in [6, 6.07) is 1.72. The highest BCUT2D eigenvalue weighted by molar-refractivity contribution is 7.98. The molecule has 1 aliphatic rings. The van der Waals surface area contributed by atoms with Crippen molar-refractivity contribution in [3.63, 3.8) is 0 Å². The second-order valence-electron chi connectivity index (χ2n) is 6.71. The maximum absolute atomic E-state index is 13.6. The van der Waals surface area contributed by atoms with Gasteiger partial charge in [0.1, 0.15) is 11.1 Å². The molecule has 0 N–H and O–H groups in total. The van der Waals surface area contributed by atoms with Gasteiger partial charge in [-0.05, 0) is 42.4 Å². The number of thioether (sulfide) groups is 1. The second kappa shape index (κ2) is 5.77. The topological polar surface area (TPSA) is 36.7 Å². The summed E-state index contributed by atoms with van der Waals surface area (Å²) in [5.74, 6) is 0.162. The quantitative estimate of drug-likeness (QED) is 0.692. The van der Waals surface area contributed by atoms with E-state index in [1.165, 1.54) is 0 Å². The predicted molar refractivity (Wildman–Crippen MR) is 80.7 cm³/mol. The first-order valence-corrected chi connectivity index (χ1v) is 8.39.